The maximum atomic E-state index is 13.6. The van der Waals surface area contributed by atoms with Crippen molar-refractivity contribution in [3.05, 3.63) is 75.4 Å². The molecule has 1 heterocycles. The van der Waals surface area contributed by atoms with E-state index in [-0.39, 0.29) is 28.7 Å². The summed E-state index contributed by atoms with van der Waals surface area (Å²) in [7, 11) is 0. The van der Waals surface area contributed by atoms with Crippen LogP contribution >= 0.6 is 22.9 Å². The predicted molar refractivity (Wildman–Crippen MR) is 110 cm³/mol. The number of benzene rings is 2. The third-order valence-corrected chi connectivity index (χ3v) is 5.44. The predicted octanol–water partition coefficient (Wildman–Crippen LogP) is 5.79. The van der Waals surface area contributed by atoms with E-state index >= 15 is 0 Å². The summed E-state index contributed by atoms with van der Waals surface area (Å²) in [6.45, 7) is 1.67. The van der Waals surface area contributed by atoms with Gasteiger partial charge in [-0.15, -0.1) is 11.3 Å². The zero-order chi connectivity index (χ0) is 20.3. The summed E-state index contributed by atoms with van der Waals surface area (Å²) >= 11 is 7.04. The molecule has 1 aromatic heterocycles. The number of carboxylic acid groups (broad SMARTS) is 1. The van der Waals surface area contributed by atoms with E-state index in [9.17, 15) is 19.1 Å². The zero-order valence-electron chi connectivity index (χ0n) is 15.0. The number of nitrogens with one attached hydrogen (secondary N) is 1. The number of carbonyl (C=O) groups excluding carboxylic acids is 1. The average Bonchev–Trinajstić information content (AvgIpc) is 3.07. The molecule has 2 aromatic carbocycles. The van der Waals surface area contributed by atoms with Gasteiger partial charge in [-0.25, -0.2) is 9.18 Å². The van der Waals surface area contributed by atoms with E-state index in [0.29, 0.717) is 33.7 Å². The number of anilines is 1. The summed E-state index contributed by atoms with van der Waals surface area (Å²) in [5, 5.41) is 14.8. The highest BCUT2D eigenvalue weighted by atomic mass is 35.5. The molecule has 0 unspecified atom stereocenters. The first-order valence-corrected chi connectivity index (χ1v) is 9.76. The standard InChI is InChI=1S/C21H17ClFNO3S/c1-12-2-3-13(10-17(12)23)4-9-18(25)24-20-19(21(26)27)16(11-28-20)14-5-7-15(22)8-6-14/h2-3,5-8,10-11H,4,9H2,1H3,(H,24,25)(H,26,27). The van der Waals surface area contributed by atoms with Crippen LogP contribution in [0.25, 0.3) is 11.1 Å². The summed E-state index contributed by atoms with van der Waals surface area (Å²) in [6, 6.07) is 11.7. The molecule has 0 saturated heterocycles. The van der Waals surface area contributed by atoms with Crippen LogP contribution in [0.5, 0.6) is 0 Å². The van der Waals surface area contributed by atoms with Crippen LogP contribution in [0.3, 0.4) is 0 Å². The first-order valence-electron chi connectivity index (χ1n) is 8.50. The van der Waals surface area contributed by atoms with Gasteiger partial charge in [-0.05, 0) is 48.2 Å². The molecule has 0 saturated carbocycles. The molecule has 2 N–H and O–H groups in total. The van der Waals surface area contributed by atoms with Crippen molar-refractivity contribution in [2.24, 2.45) is 0 Å². The van der Waals surface area contributed by atoms with E-state index in [4.69, 9.17) is 11.6 Å². The maximum absolute atomic E-state index is 13.6. The molecule has 0 spiro atoms. The number of carbonyl (C=O) groups is 2. The molecule has 0 atom stereocenters. The molecule has 28 heavy (non-hydrogen) atoms. The molecule has 0 aliphatic carbocycles. The van der Waals surface area contributed by atoms with Gasteiger partial charge in [0.05, 0.1) is 0 Å². The fourth-order valence-corrected chi connectivity index (χ4v) is 3.85. The smallest absolute Gasteiger partial charge is 0.339 e. The Hall–Kier alpha value is -2.70. The summed E-state index contributed by atoms with van der Waals surface area (Å²) in [6.07, 6.45) is 0.483. The Morgan fingerprint density at radius 2 is 1.89 bits per heavy atom. The van der Waals surface area contributed by atoms with Crippen molar-refractivity contribution in [1.29, 1.82) is 0 Å². The Kier molecular flexibility index (Phi) is 6.11. The van der Waals surface area contributed by atoms with E-state index in [1.165, 1.54) is 6.07 Å². The lowest BCUT2D eigenvalue weighted by Crippen LogP contribution is -2.14. The number of hydrogen-bond acceptors (Lipinski definition) is 3. The summed E-state index contributed by atoms with van der Waals surface area (Å²) in [5.41, 5.74) is 2.53. The van der Waals surface area contributed by atoms with Crippen LogP contribution in [0.4, 0.5) is 9.39 Å². The van der Waals surface area contributed by atoms with Gasteiger partial charge in [-0.3, -0.25) is 4.79 Å². The Labute approximate surface area is 170 Å². The first kappa shape index (κ1) is 20.0. The highest BCUT2D eigenvalue weighted by molar-refractivity contribution is 7.15. The SMILES string of the molecule is Cc1ccc(CCC(=O)Nc2scc(-c3ccc(Cl)cc3)c2C(=O)O)cc1F. The second-order valence-corrected chi connectivity index (χ2v) is 7.61. The van der Waals surface area contributed by atoms with Gasteiger partial charge in [0.1, 0.15) is 16.4 Å². The van der Waals surface area contributed by atoms with Crippen molar-refractivity contribution in [3.8, 4) is 11.1 Å². The van der Waals surface area contributed by atoms with Crippen molar-refractivity contribution in [2.75, 3.05) is 5.32 Å². The lowest BCUT2D eigenvalue weighted by atomic mass is 10.0. The van der Waals surface area contributed by atoms with Gasteiger partial charge in [0, 0.05) is 22.4 Å². The number of rotatable bonds is 6. The van der Waals surface area contributed by atoms with Crippen LogP contribution in [-0.2, 0) is 11.2 Å². The van der Waals surface area contributed by atoms with Gasteiger partial charge in [-0.2, -0.15) is 0 Å². The van der Waals surface area contributed by atoms with Crippen LogP contribution in [-0.4, -0.2) is 17.0 Å². The fourth-order valence-electron chi connectivity index (χ4n) is 2.74. The molecule has 144 valence electrons. The van der Waals surface area contributed by atoms with E-state index in [2.05, 4.69) is 5.32 Å². The molecule has 7 heteroatoms. The number of thiophene rings is 1. The molecular weight excluding hydrogens is 401 g/mol. The first-order chi connectivity index (χ1) is 13.3. The topological polar surface area (TPSA) is 66.4 Å². The second kappa shape index (κ2) is 8.54. The monoisotopic (exact) mass is 417 g/mol. The van der Waals surface area contributed by atoms with Crippen molar-refractivity contribution < 1.29 is 19.1 Å². The van der Waals surface area contributed by atoms with Crippen LogP contribution in [0, 0.1) is 12.7 Å². The van der Waals surface area contributed by atoms with Crippen LogP contribution in [0.1, 0.15) is 27.9 Å². The summed E-state index contributed by atoms with van der Waals surface area (Å²) in [4.78, 5) is 24.1. The lowest BCUT2D eigenvalue weighted by Gasteiger charge is -2.07. The molecule has 4 nitrogen and oxygen atoms in total. The second-order valence-electron chi connectivity index (χ2n) is 6.30. The number of carboxylic acids is 1. The van der Waals surface area contributed by atoms with Gasteiger partial charge >= 0.3 is 5.97 Å². The third kappa shape index (κ3) is 4.58. The van der Waals surface area contributed by atoms with Crippen molar-refractivity contribution in [3.63, 3.8) is 0 Å². The molecular formula is C21H17ClFNO3S. The Balaban J connectivity index is 1.74. The van der Waals surface area contributed by atoms with Crippen molar-refractivity contribution in [2.45, 2.75) is 19.8 Å². The number of aryl methyl sites for hydroxylation is 2. The Bertz CT molecular complexity index is 1030. The molecule has 3 rings (SSSR count). The van der Waals surface area contributed by atoms with Crippen LogP contribution in [0.2, 0.25) is 5.02 Å². The van der Waals surface area contributed by atoms with Gasteiger partial charge in [0.15, 0.2) is 0 Å². The largest absolute Gasteiger partial charge is 0.478 e. The van der Waals surface area contributed by atoms with Gasteiger partial charge in [0.2, 0.25) is 5.91 Å². The van der Waals surface area contributed by atoms with E-state index in [1.54, 1.807) is 48.7 Å². The van der Waals surface area contributed by atoms with E-state index < -0.39 is 5.97 Å². The highest BCUT2D eigenvalue weighted by Crippen LogP contribution is 2.36. The summed E-state index contributed by atoms with van der Waals surface area (Å²) in [5.74, 6) is -1.76. The minimum absolute atomic E-state index is 0.0436. The third-order valence-electron chi connectivity index (χ3n) is 4.29. The van der Waals surface area contributed by atoms with Crippen LogP contribution in [0.15, 0.2) is 47.8 Å². The number of aromatic carboxylic acids is 1. The van der Waals surface area contributed by atoms with Gasteiger partial charge < -0.3 is 10.4 Å². The lowest BCUT2D eigenvalue weighted by molar-refractivity contribution is -0.116. The normalized spacial score (nSPS) is 10.7. The number of halogens is 2. The van der Waals surface area contributed by atoms with Crippen molar-refractivity contribution in [1.82, 2.24) is 0 Å². The minimum atomic E-state index is -1.12. The Morgan fingerprint density at radius 1 is 1.18 bits per heavy atom. The molecule has 1 amide bonds. The van der Waals surface area contributed by atoms with E-state index in [0.717, 1.165) is 11.3 Å². The van der Waals surface area contributed by atoms with Crippen molar-refractivity contribution >= 4 is 39.8 Å². The minimum Gasteiger partial charge on any atom is -0.478 e. The maximum Gasteiger partial charge on any atom is 0.339 e. The quantitative estimate of drug-likeness (QED) is 0.533. The molecule has 0 bridgehead atoms. The Morgan fingerprint density at radius 3 is 2.54 bits per heavy atom. The van der Waals surface area contributed by atoms with Gasteiger partial charge in [0.25, 0.3) is 0 Å². The number of amides is 1. The molecule has 0 aliphatic heterocycles. The fraction of sp³-hybridized carbons (Fsp3) is 0.143. The molecule has 0 radical (unpaired) electrons. The molecule has 0 fully saturated rings. The average molecular weight is 418 g/mol. The van der Waals surface area contributed by atoms with E-state index in [1.807, 2.05) is 0 Å². The zero-order valence-corrected chi connectivity index (χ0v) is 16.5. The molecule has 3 aromatic rings. The highest BCUT2D eigenvalue weighted by Gasteiger charge is 2.21. The summed E-state index contributed by atoms with van der Waals surface area (Å²) < 4.78 is 13.6. The van der Waals surface area contributed by atoms with Crippen LogP contribution < -0.4 is 5.32 Å². The van der Waals surface area contributed by atoms with Gasteiger partial charge in [-0.1, -0.05) is 35.9 Å². The number of hydrogen-bond donors (Lipinski definition) is 2. The molecule has 0 aliphatic rings.